The third kappa shape index (κ3) is 3.77. The zero-order valence-electron chi connectivity index (χ0n) is 14.2. The van der Waals surface area contributed by atoms with Crippen LogP contribution >= 0.6 is 0 Å². The van der Waals surface area contributed by atoms with Gasteiger partial charge < -0.3 is 10.2 Å². The van der Waals surface area contributed by atoms with Crippen molar-refractivity contribution in [1.29, 1.82) is 0 Å². The molecule has 0 aromatic heterocycles. The maximum atomic E-state index is 13.1. The Morgan fingerprint density at radius 1 is 1.20 bits per heavy atom. The number of rotatable bonds is 5. The molecule has 1 saturated heterocycles. The topological polar surface area (TPSA) is 98.2 Å². The average molecular weight is 341 g/mol. The average Bonchev–Trinajstić information content (AvgIpc) is 2.64. The number of carbonyl (C=O) groups excluding carboxylic acids is 2. The highest BCUT2D eigenvalue weighted by atomic mass is 16.2. The molecular formula is C18H23N5O2. The minimum absolute atomic E-state index is 0.00803. The van der Waals surface area contributed by atoms with Crippen molar-refractivity contribution in [2.45, 2.75) is 37.6 Å². The Balaban J connectivity index is 1.74. The number of hydrogen-bond donors (Lipinski definition) is 1. The van der Waals surface area contributed by atoms with Gasteiger partial charge in [-0.3, -0.25) is 9.59 Å². The van der Waals surface area contributed by atoms with Crippen molar-refractivity contribution in [1.82, 2.24) is 10.2 Å². The number of azide groups is 1. The summed E-state index contributed by atoms with van der Waals surface area (Å²) >= 11 is 0. The zero-order valence-corrected chi connectivity index (χ0v) is 14.2. The third-order valence-corrected chi connectivity index (χ3v) is 5.12. The van der Waals surface area contributed by atoms with Gasteiger partial charge in [-0.05, 0) is 55.7 Å². The smallest absolute Gasteiger partial charge is 0.252 e. The van der Waals surface area contributed by atoms with E-state index in [0.717, 1.165) is 32.4 Å². The van der Waals surface area contributed by atoms with Crippen LogP contribution in [0, 0.1) is 5.92 Å². The van der Waals surface area contributed by atoms with Crippen LogP contribution in [0.5, 0.6) is 0 Å². The molecule has 25 heavy (non-hydrogen) atoms. The van der Waals surface area contributed by atoms with Gasteiger partial charge in [0.25, 0.3) is 5.91 Å². The van der Waals surface area contributed by atoms with Gasteiger partial charge in [-0.2, -0.15) is 0 Å². The summed E-state index contributed by atoms with van der Waals surface area (Å²) < 4.78 is 0. The normalized spacial score (nSPS) is 25.4. The fraction of sp³-hybridized carbons (Fsp3) is 0.556. The van der Waals surface area contributed by atoms with E-state index in [4.69, 9.17) is 5.53 Å². The number of piperidine rings is 1. The Kier molecular flexibility index (Phi) is 5.24. The lowest BCUT2D eigenvalue weighted by Crippen LogP contribution is -2.67. The van der Waals surface area contributed by atoms with Crippen LogP contribution in [-0.2, 0) is 4.79 Å². The molecule has 0 bridgehead atoms. The molecular weight excluding hydrogens is 318 g/mol. The summed E-state index contributed by atoms with van der Waals surface area (Å²) in [4.78, 5) is 30.4. The summed E-state index contributed by atoms with van der Waals surface area (Å²) in [5, 5.41) is 6.60. The van der Waals surface area contributed by atoms with E-state index in [-0.39, 0.29) is 17.7 Å². The summed E-state index contributed by atoms with van der Waals surface area (Å²) in [7, 11) is 0. The molecule has 132 valence electrons. The van der Waals surface area contributed by atoms with Crippen LogP contribution in [0.25, 0.3) is 10.4 Å². The lowest BCUT2D eigenvalue weighted by molar-refractivity contribution is -0.144. The van der Waals surface area contributed by atoms with Gasteiger partial charge in [0.2, 0.25) is 5.91 Å². The molecule has 1 saturated carbocycles. The van der Waals surface area contributed by atoms with Gasteiger partial charge in [0.15, 0.2) is 0 Å². The van der Waals surface area contributed by atoms with Gasteiger partial charge in [0.1, 0.15) is 5.54 Å². The Morgan fingerprint density at radius 3 is 2.52 bits per heavy atom. The standard InChI is InChI=1S/C18H23N5O2/c19-22-20-13-14-11-18(12-14,17(25)23-9-5-2-6-10-23)21-16(24)15-7-3-1-4-8-15/h1,3-4,7-8,14H,2,5-6,9-13H2,(H,21,24). The lowest BCUT2D eigenvalue weighted by Gasteiger charge is -2.49. The molecule has 0 spiro atoms. The van der Waals surface area contributed by atoms with E-state index >= 15 is 0 Å². The molecule has 1 N–H and O–H groups in total. The van der Waals surface area contributed by atoms with E-state index in [1.807, 2.05) is 11.0 Å². The molecule has 0 unspecified atom stereocenters. The first-order valence-corrected chi connectivity index (χ1v) is 8.82. The van der Waals surface area contributed by atoms with E-state index in [9.17, 15) is 9.59 Å². The van der Waals surface area contributed by atoms with Crippen molar-refractivity contribution in [2.24, 2.45) is 11.0 Å². The quantitative estimate of drug-likeness (QED) is 0.506. The van der Waals surface area contributed by atoms with Gasteiger partial charge in [-0.1, -0.05) is 23.3 Å². The maximum absolute atomic E-state index is 13.1. The second-order valence-electron chi connectivity index (χ2n) is 6.94. The molecule has 0 radical (unpaired) electrons. The summed E-state index contributed by atoms with van der Waals surface area (Å²) in [5.74, 6) is -0.0809. The second kappa shape index (κ2) is 7.57. The first-order valence-electron chi connectivity index (χ1n) is 8.82. The number of hydrogen-bond acceptors (Lipinski definition) is 3. The molecule has 1 aromatic carbocycles. The fourth-order valence-electron chi connectivity index (χ4n) is 3.82. The lowest BCUT2D eigenvalue weighted by atomic mass is 9.67. The minimum atomic E-state index is -0.861. The molecule has 3 rings (SSSR count). The number of likely N-dealkylation sites (tertiary alicyclic amines) is 1. The number of benzene rings is 1. The van der Waals surface area contributed by atoms with Gasteiger partial charge in [0, 0.05) is 30.1 Å². The molecule has 1 aliphatic carbocycles. The second-order valence-corrected chi connectivity index (χ2v) is 6.94. The Bertz CT molecular complexity index is 672. The van der Waals surface area contributed by atoms with Gasteiger partial charge in [-0.15, -0.1) is 0 Å². The molecule has 7 nitrogen and oxygen atoms in total. The third-order valence-electron chi connectivity index (χ3n) is 5.12. The summed E-state index contributed by atoms with van der Waals surface area (Å²) in [6.07, 6.45) is 4.22. The van der Waals surface area contributed by atoms with E-state index in [1.54, 1.807) is 24.3 Å². The van der Waals surface area contributed by atoms with Crippen molar-refractivity contribution in [3.05, 3.63) is 46.3 Å². The number of nitrogens with one attached hydrogen (secondary N) is 1. The summed E-state index contributed by atoms with van der Waals surface area (Å²) in [5.41, 5.74) is 8.17. The molecule has 1 aliphatic heterocycles. The van der Waals surface area contributed by atoms with E-state index in [1.165, 1.54) is 0 Å². The SMILES string of the molecule is [N-]=[N+]=NCC1CC(NC(=O)c2ccccc2)(C(=O)N2CCCCC2)C1. The number of carbonyl (C=O) groups is 2. The predicted molar refractivity (Wildman–Crippen MR) is 93.8 cm³/mol. The monoisotopic (exact) mass is 341 g/mol. The largest absolute Gasteiger partial charge is 0.341 e. The number of amides is 2. The highest BCUT2D eigenvalue weighted by Gasteiger charge is 2.52. The molecule has 7 heteroatoms. The Morgan fingerprint density at radius 2 is 1.88 bits per heavy atom. The van der Waals surface area contributed by atoms with Crippen LogP contribution in [-0.4, -0.2) is 41.9 Å². The van der Waals surface area contributed by atoms with E-state index < -0.39 is 5.54 Å². The summed E-state index contributed by atoms with van der Waals surface area (Å²) in [6.45, 7) is 1.87. The first kappa shape index (κ1) is 17.3. The molecule has 2 fully saturated rings. The molecule has 0 atom stereocenters. The van der Waals surface area contributed by atoms with Crippen LogP contribution < -0.4 is 5.32 Å². The van der Waals surface area contributed by atoms with Crippen molar-refractivity contribution < 1.29 is 9.59 Å². The molecule has 1 heterocycles. The van der Waals surface area contributed by atoms with Crippen LogP contribution in [0.15, 0.2) is 35.4 Å². The van der Waals surface area contributed by atoms with Crippen molar-refractivity contribution in [2.75, 3.05) is 19.6 Å². The van der Waals surface area contributed by atoms with E-state index in [2.05, 4.69) is 15.3 Å². The maximum Gasteiger partial charge on any atom is 0.252 e. The first-order chi connectivity index (χ1) is 12.1. The number of nitrogens with zero attached hydrogens (tertiary/aromatic N) is 4. The van der Waals surface area contributed by atoms with Gasteiger partial charge in [-0.25, -0.2) is 0 Å². The molecule has 1 aromatic rings. The van der Waals surface area contributed by atoms with Crippen LogP contribution in [0.1, 0.15) is 42.5 Å². The zero-order chi connectivity index (χ0) is 17.7. The predicted octanol–water partition coefficient (Wildman–Crippen LogP) is 2.89. The minimum Gasteiger partial charge on any atom is -0.341 e. The highest BCUT2D eigenvalue weighted by molar-refractivity contribution is 5.99. The van der Waals surface area contributed by atoms with Gasteiger partial charge in [0.05, 0.1) is 0 Å². The van der Waals surface area contributed by atoms with Crippen LogP contribution in [0.4, 0.5) is 0 Å². The molecule has 2 amide bonds. The van der Waals surface area contributed by atoms with E-state index in [0.29, 0.717) is 24.9 Å². The Labute approximate surface area is 147 Å². The van der Waals surface area contributed by atoms with Crippen molar-refractivity contribution in [3.63, 3.8) is 0 Å². The molecule has 2 aliphatic rings. The fourth-order valence-corrected chi connectivity index (χ4v) is 3.82. The van der Waals surface area contributed by atoms with Crippen LogP contribution in [0.3, 0.4) is 0 Å². The van der Waals surface area contributed by atoms with Gasteiger partial charge >= 0.3 is 0 Å². The van der Waals surface area contributed by atoms with Crippen molar-refractivity contribution >= 4 is 11.8 Å². The van der Waals surface area contributed by atoms with Crippen molar-refractivity contribution in [3.8, 4) is 0 Å². The van der Waals surface area contributed by atoms with Crippen LogP contribution in [0.2, 0.25) is 0 Å². The Hall–Kier alpha value is -2.53. The highest BCUT2D eigenvalue weighted by Crippen LogP contribution is 2.40. The summed E-state index contributed by atoms with van der Waals surface area (Å²) in [6, 6.07) is 8.94.